The van der Waals surface area contributed by atoms with Gasteiger partial charge in [-0.3, -0.25) is 0 Å². The van der Waals surface area contributed by atoms with Gasteiger partial charge in [-0.05, 0) is 17.5 Å². The maximum absolute atomic E-state index is 5.70. The van der Waals surface area contributed by atoms with E-state index in [0.29, 0.717) is 17.6 Å². The summed E-state index contributed by atoms with van der Waals surface area (Å²) >= 11 is 0. The van der Waals surface area contributed by atoms with Gasteiger partial charge in [-0.25, -0.2) is 9.97 Å². The molecule has 0 aliphatic heterocycles. The number of para-hydroxylation sites is 1. The highest BCUT2D eigenvalue weighted by Crippen LogP contribution is 2.30. The van der Waals surface area contributed by atoms with E-state index in [0.717, 1.165) is 11.3 Å². The van der Waals surface area contributed by atoms with Crippen LogP contribution >= 0.6 is 0 Å². The van der Waals surface area contributed by atoms with E-state index in [9.17, 15) is 0 Å². The van der Waals surface area contributed by atoms with E-state index < -0.39 is 0 Å². The quantitative estimate of drug-likeness (QED) is 0.878. The lowest BCUT2D eigenvalue weighted by atomic mass is 10.0. The largest absolute Gasteiger partial charge is 0.436 e. The molecule has 2 rings (SSSR count). The third-order valence-corrected chi connectivity index (χ3v) is 2.44. The van der Waals surface area contributed by atoms with Crippen LogP contribution in [0.25, 0.3) is 0 Å². The number of anilines is 1. The van der Waals surface area contributed by atoms with Crippen molar-refractivity contribution in [3.05, 3.63) is 42.2 Å². The number of nitrogen functional groups attached to an aromatic ring is 1. The molecule has 2 N–H and O–H groups in total. The maximum Gasteiger partial charge on any atom is 0.262 e. The first-order chi connectivity index (χ1) is 8.18. The summed E-state index contributed by atoms with van der Waals surface area (Å²) in [5.41, 5.74) is 6.82. The fourth-order valence-electron chi connectivity index (χ4n) is 1.57. The number of benzene rings is 1. The topological polar surface area (TPSA) is 61.0 Å². The number of hydrogen-bond acceptors (Lipinski definition) is 4. The summed E-state index contributed by atoms with van der Waals surface area (Å²) in [6.45, 7) is 4.23. The van der Waals surface area contributed by atoms with Crippen LogP contribution in [0.3, 0.4) is 0 Å². The third-order valence-electron chi connectivity index (χ3n) is 2.44. The molecule has 4 nitrogen and oxygen atoms in total. The second-order valence-corrected chi connectivity index (χ2v) is 4.04. The molecule has 0 saturated heterocycles. The van der Waals surface area contributed by atoms with Crippen LogP contribution in [0.5, 0.6) is 11.6 Å². The zero-order chi connectivity index (χ0) is 12.3. The predicted octanol–water partition coefficient (Wildman–Crippen LogP) is 2.97. The Labute approximate surface area is 100 Å². The molecule has 17 heavy (non-hydrogen) atoms. The monoisotopic (exact) mass is 229 g/mol. The number of ether oxygens (including phenoxy) is 1. The molecular formula is C13H15N3O. The van der Waals surface area contributed by atoms with Crippen molar-refractivity contribution in [3.63, 3.8) is 0 Å². The molecule has 0 bridgehead atoms. The minimum atomic E-state index is 0.297. The van der Waals surface area contributed by atoms with Crippen LogP contribution in [0.1, 0.15) is 25.3 Å². The van der Waals surface area contributed by atoms with Gasteiger partial charge < -0.3 is 10.5 Å². The van der Waals surface area contributed by atoms with Crippen molar-refractivity contribution in [1.82, 2.24) is 9.97 Å². The highest BCUT2D eigenvalue weighted by molar-refractivity contribution is 5.44. The molecule has 0 unspecified atom stereocenters. The molecule has 0 aliphatic carbocycles. The van der Waals surface area contributed by atoms with Crippen molar-refractivity contribution in [1.29, 1.82) is 0 Å². The van der Waals surface area contributed by atoms with Crippen molar-refractivity contribution in [2.24, 2.45) is 0 Å². The van der Waals surface area contributed by atoms with Gasteiger partial charge in [-0.1, -0.05) is 32.0 Å². The van der Waals surface area contributed by atoms with Crippen LogP contribution in [-0.4, -0.2) is 9.97 Å². The smallest absolute Gasteiger partial charge is 0.262 e. The highest BCUT2D eigenvalue weighted by atomic mass is 16.5. The Bertz CT molecular complexity index is 512. The van der Waals surface area contributed by atoms with Gasteiger partial charge in [-0.2, -0.15) is 0 Å². The lowest BCUT2D eigenvalue weighted by molar-refractivity contribution is 0.455. The number of aromatic nitrogens is 2. The Morgan fingerprint density at radius 3 is 2.53 bits per heavy atom. The molecule has 88 valence electrons. The average Bonchev–Trinajstić information content (AvgIpc) is 2.32. The van der Waals surface area contributed by atoms with E-state index in [1.807, 2.05) is 24.3 Å². The van der Waals surface area contributed by atoms with Crippen molar-refractivity contribution < 1.29 is 4.74 Å². The van der Waals surface area contributed by atoms with E-state index in [1.165, 1.54) is 6.20 Å². The Kier molecular flexibility index (Phi) is 3.23. The zero-order valence-electron chi connectivity index (χ0n) is 9.92. The molecule has 1 heterocycles. The second kappa shape index (κ2) is 4.82. The number of hydrogen-bond donors (Lipinski definition) is 1. The zero-order valence-corrected chi connectivity index (χ0v) is 9.92. The fraction of sp³-hybridized carbons (Fsp3) is 0.231. The van der Waals surface area contributed by atoms with Gasteiger partial charge in [0.1, 0.15) is 5.75 Å². The Morgan fingerprint density at radius 1 is 1.12 bits per heavy atom. The summed E-state index contributed by atoms with van der Waals surface area (Å²) in [6, 6.07) is 7.85. The average molecular weight is 229 g/mol. The first kappa shape index (κ1) is 11.4. The predicted molar refractivity (Wildman–Crippen MR) is 67.0 cm³/mol. The molecule has 4 heteroatoms. The Hall–Kier alpha value is -2.10. The standard InChI is InChI=1S/C13H15N3O/c1-9(2)10-5-3-4-6-11(10)17-13-12(14)15-7-8-16-13/h3-9H,1-2H3,(H2,14,15). The molecule has 1 aromatic heterocycles. The molecule has 0 fully saturated rings. The van der Waals surface area contributed by atoms with Crippen molar-refractivity contribution in [2.45, 2.75) is 19.8 Å². The van der Waals surface area contributed by atoms with Crippen LogP contribution < -0.4 is 10.5 Å². The summed E-state index contributed by atoms with van der Waals surface area (Å²) in [7, 11) is 0. The normalized spacial score (nSPS) is 10.5. The highest BCUT2D eigenvalue weighted by Gasteiger charge is 2.10. The molecule has 0 aliphatic rings. The van der Waals surface area contributed by atoms with E-state index in [4.69, 9.17) is 10.5 Å². The van der Waals surface area contributed by atoms with E-state index in [1.54, 1.807) is 6.20 Å². The van der Waals surface area contributed by atoms with Crippen LogP contribution in [0.2, 0.25) is 0 Å². The lowest BCUT2D eigenvalue weighted by Crippen LogP contribution is -1.99. The van der Waals surface area contributed by atoms with E-state index in [-0.39, 0.29) is 0 Å². The second-order valence-electron chi connectivity index (χ2n) is 4.04. The van der Waals surface area contributed by atoms with Crippen LogP contribution in [0, 0.1) is 0 Å². The SMILES string of the molecule is CC(C)c1ccccc1Oc1nccnc1N. The molecular weight excluding hydrogens is 214 g/mol. The van der Waals surface area contributed by atoms with Crippen molar-refractivity contribution in [3.8, 4) is 11.6 Å². The minimum Gasteiger partial charge on any atom is -0.436 e. The van der Waals surface area contributed by atoms with E-state index >= 15 is 0 Å². The van der Waals surface area contributed by atoms with Crippen molar-refractivity contribution in [2.75, 3.05) is 5.73 Å². The molecule has 0 spiro atoms. The Morgan fingerprint density at radius 2 is 1.82 bits per heavy atom. The summed E-state index contributed by atoms with van der Waals surface area (Å²) in [6.07, 6.45) is 3.10. The number of nitrogens with two attached hydrogens (primary N) is 1. The minimum absolute atomic E-state index is 0.297. The van der Waals surface area contributed by atoms with Gasteiger partial charge in [0.2, 0.25) is 0 Å². The van der Waals surface area contributed by atoms with Gasteiger partial charge in [0.15, 0.2) is 5.82 Å². The first-order valence-corrected chi connectivity index (χ1v) is 5.51. The van der Waals surface area contributed by atoms with Crippen LogP contribution in [-0.2, 0) is 0 Å². The molecule has 0 amide bonds. The molecule has 1 aromatic carbocycles. The van der Waals surface area contributed by atoms with E-state index in [2.05, 4.69) is 23.8 Å². The maximum atomic E-state index is 5.70. The molecule has 0 atom stereocenters. The molecule has 0 saturated carbocycles. The van der Waals surface area contributed by atoms with Gasteiger partial charge in [0.05, 0.1) is 0 Å². The van der Waals surface area contributed by atoms with Gasteiger partial charge >= 0.3 is 0 Å². The summed E-state index contributed by atoms with van der Waals surface area (Å²) in [4.78, 5) is 8.00. The van der Waals surface area contributed by atoms with Crippen LogP contribution in [0.15, 0.2) is 36.7 Å². The third kappa shape index (κ3) is 2.53. The Balaban J connectivity index is 2.34. The summed E-state index contributed by atoms with van der Waals surface area (Å²) < 4.78 is 5.70. The molecule has 2 aromatic rings. The van der Waals surface area contributed by atoms with Gasteiger partial charge in [0.25, 0.3) is 5.88 Å². The van der Waals surface area contributed by atoms with Crippen molar-refractivity contribution >= 4 is 5.82 Å². The fourth-order valence-corrected chi connectivity index (χ4v) is 1.57. The van der Waals surface area contributed by atoms with Gasteiger partial charge in [0, 0.05) is 12.4 Å². The summed E-state index contributed by atoms with van der Waals surface area (Å²) in [5, 5.41) is 0. The lowest BCUT2D eigenvalue weighted by Gasteiger charge is -2.13. The first-order valence-electron chi connectivity index (χ1n) is 5.51. The van der Waals surface area contributed by atoms with Crippen LogP contribution in [0.4, 0.5) is 5.82 Å². The summed E-state index contributed by atoms with van der Waals surface area (Å²) in [5.74, 6) is 1.80. The number of nitrogens with zero attached hydrogens (tertiary/aromatic N) is 2. The molecule has 0 radical (unpaired) electrons. The number of rotatable bonds is 3. The van der Waals surface area contributed by atoms with Gasteiger partial charge in [-0.15, -0.1) is 0 Å².